The summed E-state index contributed by atoms with van der Waals surface area (Å²) in [5.41, 5.74) is 2.64. The van der Waals surface area contributed by atoms with Crippen LogP contribution in [0.5, 0.6) is 0 Å². The molecule has 0 aliphatic heterocycles. The predicted molar refractivity (Wildman–Crippen MR) is 87.5 cm³/mol. The largest absolute Gasteiger partial charge is 0.379 e. The number of benzene rings is 1. The summed E-state index contributed by atoms with van der Waals surface area (Å²) in [7, 11) is 1.79. The Hall–Kier alpha value is -1.32. The van der Waals surface area contributed by atoms with Crippen LogP contribution in [-0.2, 0) is 17.8 Å². The maximum Gasteiger partial charge on any atom is 0.0639 e. The van der Waals surface area contributed by atoms with Crippen LogP contribution < -0.4 is 5.32 Å². The van der Waals surface area contributed by atoms with Crippen LogP contribution in [0.15, 0.2) is 30.5 Å². The third-order valence-corrected chi connectivity index (χ3v) is 4.52. The minimum Gasteiger partial charge on any atom is -0.379 e. The molecule has 0 spiro atoms. The SMILES string of the molecule is COC(C)(C)CCn1ccc2ccc(CNC3CC3)cc21. The first-order valence-electron chi connectivity index (χ1n) is 7.94. The lowest BCUT2D eigenvalue weighted by atomic mass is 10.1. The average molecular weight is 286 g/mol. The van der Waals surface area contributed by atoms with Crippen molar-refractivity contribution >= 4 is 10.9 Å². The molecule has 0 unspecified atom stereocenters. The van der Waals surface area contributed by atoms with E-state index in [1.807, 2.05) is 0 Å². The molecule has 1 aliphatic rings. The molecule has 3 heteroatoms. The van der Waals surface area contributed by atoms with Crippen molar-refractivity contribution in [3.05, 3.63) is 36.0 Å². The number of hydrogen-bond donors (Lipinski definition) is 1. The highest BCUT2D eigenvalue weighted by atomic mass is 16.5. The first-order chi connectivity index (χ1) is 10.1. The minimum absolute atomic E-state index is 0.0677. The van der Waals surface area contributed by atoms with Gasteiger partial charge in [0.25, 0.3) is 0 Å². The molecule has 3 rings (SSSR count). The van der Waals surface area contributed by atoms with Gasteiger partial charge in [0.15, 0.2) is 0 Å². The molecule has 0 radical (unpaired) electrons. The highest BCUT2D eigenvalue weighted by Crippen LogP contribution is 2.22. The van der Waals surface area contributed by atoms with Crippen molar-refractivity contribution in [3.8, 4) is 0 Å². The zero-order valence-electron chi connectivity index (χ0n) is 13.4. The van der Waals surface area contributed by atoms with Crippen molar-refractivity contribution in [2.45, 2.75) is 57.8 Å². The second-order valence-corrected chi connectivity index (χ2v) is 6.77. The van der Waals surface area contributed by atoms with E-state index in [0.717, 1.165) is 25.6 Å². The number of ether oxygens (including phenoxy) is 1. The van der Waals surface area contributed by atoms with Crippen molar-refractivity contribution < 1.29 is 4.74 Å². The molecule has 3 nitrogen and oxygen atoms in total. The first-order valence-corrected chi connectivity index (χ1v) is 7.94. The van der Waals surface area contributed by atoms with Gasteiger partial charge in [0.1, 0.15) is 0 Å². The first kappa shape index (κ1) is 14.6. The Balaban J connectivity index is 1.73. The fourth-order valence-corrected chi connectivity index (χ4v) is 2.58. The number of fused-ring (bicyclic) bond motifs is 1. The number of nitrogens with zero attached hydrogens (tertiary/aromatic N) is 1. The summed E-state index contributed by atoms with van der Waals surface area (Å²) in [6.45, 7) is 6.26. The van der Waals surface area contributed by atoms with E-state index < -0.39 is 0 Å². The zero-order valence-corrected chi connectivity index (χ0v) is 13.4. The van der Waals surface area contributed by atoms with Gasteiger partial charge in [-0.15, -0.1) is 0 Å². The Morgan fingerprint density at radius 3 is 2.81 bits per heavy atom. The number of rotatable bonds is 7. The highest BCUT2D eigenvalue weighted by molar-refractivity contribution is 5.80. The quantitative estimate of drug-likeness (QED) is 0.840. The molecule has 0 bridgehead atoms. The average Bonchev–Trinajstić information content (AvgIpc) is 3.23. The van der Waals surface area contributed by atoms with Crippen molar-refractivity contribution in [2.75, 3.05) is 7.11 Å². The summed E-state index contributed by atoms with van der Waals surface area (Å²) in [4.78, 5) is 0. The van der Waals surface area contributed by atoms with Crippen LogP contribution in [0, 0.1) is 0 Å². The minimum atomic E-state index is -0.0677. The van der Waals surface area contributed by atoms with E-state index >= 15 is 0 Å². The molecule has 1 aromatic carbocycles. The van der Waals surface area contributed by atoms with Crippen LogP contribution >= 0.6 is 0 Å². The number of methoxy groups -OCH3 is 1. The lowest BCUT2D eigenvalue weighted by molar-refractivity contribution is 0.0123. The van der Waals surface area contributed by atoms with Crippen LogP contribution in [0.25, 0.3) is 10.9 Å². The molecule has 1 N–H and O–H groups in total. The number of aromatic nitrogens is 1. The van der Waals surface area contributed by atoms with Gasteiger partial charge in [0.2, 0.25) is 0 Å². The Bertz CT molecular complexity index is 611. The van der Waals surface area contributed by atoms with E-state index in [-0.39, 0.29) is 5.60 Å². The Kier molecular flexibility index (Phi) is 4.05. The Morgan fingerprint density at radius 2 is 2.10 bits per heavy atom. The van der Waals surface area contributed by atoms with Gasteiger partial charge in [-0.05, 0) is 56.2 Å². The second kappa shape index (κ2) is 5.82. The van der Waals surface area contributed by atoms with Gasteiger partial charge in [0.05, 0.1) is 5.60 Å². The van der Waals surface area contributed by atoms with E-state index in [1.165, 1.54) is 29.3 Å². The molecule has 1 aromatic heterocycles. The van der Waals surface area contributed by atoms with Crippen LogP contribution in [0.2, 0.25) is 0 Å². The van der Waals surface area contributed by atoms with Crippen molar-refractivity contribution in [1.29, 1.82) is 0 Å². The summed E-state index contributed by atoms with van der Waals surface area (Å²) < 4.78 is 7.86. The molecule has 1 aliphatic carbocycles. The van der Waals surface area contributed by atoms with Gasteiger partial charge >= 0.3 is 0 Å². The van der Waals surface area contributed by atoms with Crippen LogP contribution in [0.1, 0.15) is 38.7 Å². The number of aryl methyl sites for hydroxylation is 1. The summed E-state index contributed by atoms with van der Waals surface area (Å²) in [5.74, 6) is 0. The van der Waals surface area contributed by atoms with Gasteiger partial charge < -0.3 is 14.6 Å². The monoisotopic (exact) mass is 286 g/mol. The molecule has 21 heavy (non-hydrogen) atoms. The van der Waals surface area contributed by atoms with Gasteiger partial charge in [-0.25, -0.2) is 0 Å². The van der Waals surface area contributed by atoms with E-state index in [1.54, 1.807) is 7.11 Å². The van der Waals surface area contributed by atoms with E-state index in [0.29, 0.717) is 0 Å². The standard InChI is InChI=1S/C18H26N2O/c1-18(2,21-3)9-11-20-10-8-15-5-4-14(12-17(15)20)13-19-16-6-7-16/h4-5,8,10,12,16,19H,6-7,9,11,13H2,1-3H3. The number of hydrogen-bond acceptors (Lipinski definition) is 2. The molecular formula is C18H26N2O. The third-order valence-electron chi connectivity index (χ3n) is 4.52. The van der Waals surface area contributed by atoms with E-state index in [4.69, 9.17) is 4.74 Å². The van der Waals surface area contributed by atoms with Gasteiger partial charge in [0, 0.05) is 38.0 Å². The molecule has 1 fully saturated rings. The van der Waals surface area contributed by atoms with Gasteiger partial charge in [-0.1, -0.05) is 12.1 Å². The topological polar surface area (TPSA) is 26.2 Å². The summed E-state index contributed by atoms with van der Waals surface area (Å²) >= 11 is 0. The maximum absolute atomic E-state index is 5.52. The van der Waals surface area contributed by atoms with E-state index in [2.05, 4.69) is 54.2 Å². The number of nitrogens with one attached hydrogen (secondary N) is 1. The van der Waals surface area contributed by atoms with Crippen molar-refractivity contribution in [3.63, 3.8) is 0 Å². The predicted octanol–water partition coefficient (Wildman–Crippen LogP) is 3.71. The van der Waals surface area contributed by atoms with Crippen molar-refractivity contribution in [1.82, 2.24) is 9.88 Å². The molecular weight excluding hydrogens is 260 g/mol. The molecule has 0 amide bonds. The Labute approximate surface area is 127 Å². The second-order valence-electron chi connectivity index (χ2n) is 6.77. The lowest BCUT2D eigenvalue weighted by Crippen LogP contribution is -2.24. The molecule has 114 valence electrons. The van der Waals surface area contributed by atoms with Crippen LogP contribution in [0.3, 0.4) is 0 Å². The smallest absolute Gasteiger partial charge is 0.0639 e. The normalized spacial score (nSPS) is 15.8. The lowest BCUT2D eigenvalue weighted by Gasteiger charge is -2.23. The third kappa shape index (κ3) is 3.66. The summed E-state index contributed by atoms with van der Waals surface area (Å²) in [6.07, 6.45) is 5.88. The molecule has 2 aromatic rings. The Morgan fingerprint density at radius 1 is 1.29 bits per heavy atom. The van der Waals surface area contributed by atoms with E-state index in [9.17, 15) is 0 Å². The van der Waals surface area contributed by atoms with Crippen LogP contribution in [0.4, 0.5) is 0 Å². The molecule has 1 heterocycles. The molecule has 1 saturated carbocycles. The highest BCUT2D eigenvalue weighted by Gasteiger charge is 2.20. The maximum atomic E-state index is 5.52. The fourth-order valence-electron chi connectivity index (χ4n) is 2.58. The summed E-state index contributed by atoms with van der Waals surface area (Å²) in [6, 6.07) is 9.76. The zero-order chi connectivity index (χ0) is 14.9. The fraction of sp³-hybridized carbons (Fsp3) is 0.556. The van der Waals surface area contributed by atoms with Crippen LogP contribution in [-0.4, -0.2) is 23.3 Å². The molecule has 0 saturated heterocycles. The van der Waals surface area contributed by atoms with Crippen molar-refractivity contribution in [2.24, 2.45) is 0 Å². The van der Waals surface area contributed by atoms with Gasteiger partial charge in [-0.3, -0.25) is 0 Å². The molecule has 0 atom stereocenters. The summed E-state index contributed by atoms with van der Waals surface area (Å²) in [5, 5.41) is 4.91. The van der Waals surface area contributed by atoms with Gasteiger partial charge in [-0.2, -0.15) is 0 Å².